The van der Waals surface area contributed by atoms with E-state index in [-0.39, 0.29) is 0 Å². The van der Waals surface area contributed by atoms with Crippen molar-refractivity contribution in [3.8, 4) is 11.5 Å². The molecule has 0 aliphatic rings. The van der Waals surface area contributed by atoms with Crippen molar-refractivity contribution in [3.63, 3.8) is 0 Å². The van der Waals surface area contributed by atoms with Crippen molar-refractivity contribution in [2.45, 2.75) is 19.9 Å². The van der Waals surface area contributed by atoms with Crippen LogP contribution < -0.4 is 14.8 Å². The second-order valence-corrected chi connectivity index (χ2v) is 4.55. The van der Waals surface area contributed by atoms with Crippen molar-refractivity contribution >= 4 is 0 Å². The maximum Gasteiger partial charge on any atom is 0.161 e. The van der Waals surface area contributed by atoms with Crippen LogP contribution in [0.4, 0.5) is 0 Å². The number of benzene rings is 1. The number of rotatable bonds is 12. The third-order valence-corrected chi connectivity index (χ3v) is 2.93. The molecule has 21 heavy (non-hydrogen) atoms. The molecule has 0 heterocycles. The van der Waals surface area contributed by atoms with E-state index in [2.05, 4.69) is 5.32 Å². The Hall–Kier alpha value is -1.30. The molecule has 0 spiro atoms. The van der Waals surface area contributed by atoms with Gasteiger partial charge in [0.05, 0.1) is 20.3 Å². The molecule has 0 saturated carbocycles. The smallest absolute Gasteiger partial charge is 0.161 e. The van der Waals surface area contributed by atoms with Gasteiger partial charge >= 0.3 is 0 Å². The molecule has 0 unspecified atom stereocenters. The lowest BCUT2D eigenvalue weighted by Gasteiger charge is -2.13. The Balaban J connectivity index is 2.46. The van der Waals surface area contributed by atoms with Crippen LogP contribution in [0.5, 0.6) is 11.5 Å². The largest absolute Gasteiger partial charge is 0.493 e. The summed E-state index contributed by atoms with van der Waals surface area (Å²) in [5, 5.41) is 3.31. The monoisotopic (exact) mass is 297 g/mol. The van der Waals surface area contributed by atoms with Gasteiger partial charge in [-0.1, -0.05) is 6.07 Å². The fourth-order valence-electron chi connectivity index (χ4n) is 1.84. The summed E-state index contributed by atoms with van der Waals surface area (Å²) in [5.41, 5.74) is 1.16. The van der Waals surface area contributed by atoms with E-state index in [4.69, 9.17) is 18.9 Å². The van der Waals surface area contributed by atoms with Gasteiger partial charge in [0.25, 0.3) is 0 Å². The van der Waals surface area contributed by atoms with Gasteiger partial charge in [-0.05, 0) is 24.6 Å². The predicted molar refractivity (Wildman–Crippen MR) is 83.2 cm³/mol. The molecule has 1 aromatic carbocycles. The summed E-state index contributed by atoms with van der Waals surface area (Å²) >= 11 is 0. The average Bonchev–Trinajstić information content (AvgIpc) is 2.51. The normalized spacial score (nSPS) is 10.6. The quantitative estimate of drug-likeness (QED) is 0.600. The van der Waals surface area contributed by atoms with Crippen molar-refractivity contribution in [1.82, 2.24) is 5.32 Å². The first-order valence-electron chi connectivity index (χ1n) is 7.39. The molecule has 5 nitrogen and oxygen atoms in total. The Morgan fingerprint density at radius 3 is 2.62 bits per heavy atom. The third kappa shape index (κ3) is 7.32. The summed E-state index contributed by atoms with van der Waals surface area (Å²) in [6.07, 6.45) is 0.868. The lowest BCUT2D eigenvalue weighted by Crippen LogP contribution is -2.18. The van der Waals surface area contributed by atoms with Crippen molar-refractivity contribution in [2.24, 2.45) is 0 Å². The molecule has 0 aliphatic heterocycles. The Kier molecular flexibility index (Phi) is 9.61. The van der Waals surface area contributed by atoms with Crippen LogP contribution >= 0.6 is 0 Å². The van der Waals surface area contributed by atoms with Gasteiger partial charge in [-0.3, -0.25) is 0 Å². The van der Waals surface area contributed by atoms with E-state index in [1.54, 1.807) is 14.2 Å². The average molecular weight is 297 g/mol. The SMILES string of the molecule is CCOCCCOc1cc(CNCCOC)ccc1OC. The third-order valence-electron chi connectivity index (χ3n) is 2.93. The molecule has 1 rings (SSSR count). The molecule has 0 atom stereocenters. The van der Waals surface area contributed by atoms with Crippen molar-refractivity contribution in [2.75, 3.05) is 47.2 Å². The predicted octanol–water partition coefficient (Wildman–Crippen LogP) is 2.24. The number of methoxy groups -OCH3 is 2. The molecule has 0 bridgehead atoms. The van der Waals surface area contributed by atoms with E-state index in [9.17, 15) is 0 Å². The molecule has 0 aromatic heterocycles. The Morgan fingerprint density at radius 2 is 1.90 bits per heavy atom. The highest BCUT2D eigenvalue weighted by atomic mass is 16.5. The van der Waals surface area contributed by atoms with Gasteiger partial charge < -0.3 is 24.3 Å². The summed E-state index contributed by atoms with van der Waals surface area (Å²) in [4.78, 5) is 0. The Labute approximate surface area is 127 Å². The molecule has 5 heteroatoms. The Bertz CT molecular complexity index is 385. The highest BCUT2D eigenvalue weighted by Crippen LogP contribution is 2.28. The molecule has 1 N–H and O–H groups in total. The first-order chi connectivity index (χ1) is 10.3. The summed E-state index contributed by atoms with van der Waals surface area (Å²) < 4.78 is 21.4. The minimum atomic E-state index is 0.622. The van der Waals surface area contributed by atoms with Gasteiger partial charge in [-0.2, -0.15) is 0 Å². The molecular formula is C16H27NO4. The van der Waals surface area contributed by atoms with Crippen LogP contribution in [0.3, 0.4) is 0 Å². The highest BCUT2D eigenvalue weighted by Gasteiger charge is 2.06. The zero-order valence-corrected chi connectivity index (χ0v) is 13.3. The van der Waals surface area contributed by atoms with Crippen LogP contribution in [0.15, 0.2) is 18.2 Å². The summed E-state index contributed by atoms with van der Waals surface area (Å²) in [6, 6.07) is 5.98. The number of nitrogens with one attached hydrogen (secondary N) is 1. The minimum absolute atomic E-state index is 0.622. The second-order valence-electron chi connectivity index (χ2n) is 4.55. The molecule has 0 aliphatic carbocycles. The van der Waals surface area contributed by atoms with Crippen LogP contribution in [0.25, 0.3) is 0 Å². The van der Waals surface area contributed by atoms with Gasteiger partial charge in [0.2, 0.25) is 0 Å². The van der Waals surface area contributed by atoms with Crippen molar-refractivity contribution in [1.29, 1.82) is 0 Å². The highest BCUT2D eigenvalue weighted by molar-refractivity contribution is 5.42. The maximum atomic E-state index is 5.79. The maximum absolute atomic E-state index is 5.79. The van der Waals surface area contributed by atoms with E-state index in [0.29, 0.717) is 13.2 Å². The van der Waals surface area contributed by atoms with Crippen molar-refractivity contribution < 1.29 is 18.9 Å². The molecular weight excluding hydrogens is 270 g/mol. The number of hydrogen-bond acceptors (Lipinski definition) is 5. The molecule has 120 valence electrons. The van der Waals surface area contributed by atoms with E-state index < -0.39 is 0 Å². The zero-order chi connectivity index (χ0) is 15.3. The van der Waals surface area contributed by atoms with Gasteiger partial charge in [0.15, 0.2) is 11.5 Å². The molecule has 1 aromatic rings. The standard InChI is InChI=1S/C16H27NO4/c1-4-20-9-5-10-21-16-12-14(6-7-15(16)19-3)13-17-8-11-18-2/h6-7,12,17H,4-5,8-11,13H2,1-3H3. The van der Waals surface area contributed by atoms with E-state index in [1.807, 2.05) is 25.1 Å². The number of ether oxygens (including phenoxy) is 4. The summed E-state index contributed by atoms with van der Waals surface area (Å²) in [7, 11) is 3.35. The van der Waals surface area contributed by atoms with Crippen LogP contribution in [0, 0.1) is 0 Å². The fourth-order valence-corrected chi connectivity index (χ4v) is 1.84. The van der Waals surface area contributed by atoms with Gasteiger partial charge in [-0.25, -0.2) is 0 Å². The first kappa shape index (κ1) is 17.8. The van der Waals surface area contributed by atoms with Crippen LogP contribution in [0.1, 0.15) is 18.9 Å². The molecule has 0 amide bonds. The number of hydrogen-bond donors (Lipinski definition) is 1. The van der Waals surface area contributed by atoms with Crippen LogP contribution in [-0.2, 0) is 16.0 Å². The lowest BCUT2D eigenvalue weighted by atomic mass is 10.2. The van der Waals surface area contributed by atoms with Crippen LogP contribution in [-0.4, -0.2) is 47.2 Å². The molecule has 0 radical (unpaired) electrons. The molecule has 0 fully saturated rings. The zero-order valence-electron chi connectivity index (χ0n) is 13.3. The van der Waals surface area contributed by atoms with E-state index in [1.165, 1.54) is 0 Å². The fraction of sp³-hybridized carbons (Fsp3) is 0.625. The Morgan fingerprint density at radius 1 is 1.05 bits per heavy atom. The summed E-state index contributed by atoms with van der Waals surface area (Å²) in [6.45, 7) is 6.39. The van der Waals surface area contributed by atoms with Gasteiger partial charge in [-0.15, -0.1) is 0 Å². The molecule has 0 saturated heterocycles. The van der Waals surface area contributed by atoms with Gasteiger partial charge in [0, 0.05) is 39.8 Å². The van der Waals surface area contributed by atoms with E-state index >= 15 is 0 Å². The second kappa shape index (κ2) is 11.4. The minimum Gasteiger partial charge on any atom is -0.493 e. The lowest BCUT2D eigenvalue weighted by molar-refractivity contribution is 0.130. The van der Waals surface area contributed by atoms with Gasteiger partial charge in [0.1, 0.15) is 0 Å². The van der Waals surface area contributed by atoms with Crippen LogP contribution in [0.2, 0.25) is 0 Å². The van der Waals surface area contributed by atoms with E-state index in [0.717, 1.165) is 49.8 Å². The van der Waals surface area contributed by atoms with Crippen molar-refractivity contribution in [3.05, 3.63) is 23.8 Å². The topological polar surface area (TPSA) is 49.0 Å². The summed E-state index contributed by atoms with van der Waals surface area (Å²) in [5.74, 6) is 1.53. The first-order valence-corrected chi connectivity index (χ1v) is 7.39.